The Labute approximate surface area is 118 Å². The molecule has 7 heteroatoms. The van der Waals surface area contributed by atoms with Gasteiger partial charge in [0.1, 0.15) is 0 Å². The summed E-state index contributed by atoms with van der Waals surface area (Å²) in [6.45, 7) is 7.17. The summed E-state index contributed by atoms with van der Waals surface area (Å²) in [4.78, 5) is 0. The molecule has 0 spiro atoms. The molecule has 2 N–H and O–H groups in total. The second kappa shape index (κ2) is 9.97. The number of nitrogens with two attached hydrogens (primary N) is 1. The first kappa shape index (κ1) is 20.4. The highest BCUT2D eigenvalue weighted by Crippen LogP contribution is 2.06. The predicted molar refractivity (Wildman–Crippen MR) is 77.6 cm³/mol. The molecule has 1 unspecified atom stereocenters. The summed E-state index contributed by atoms with van der Waals surface area (Å²) in [6, 6.07) is 0.0412. The molecule has 0 aromatic carbocycles. The molecule has 5 nitrogen and oxygen atoms in total. The monoisotopic (exact) mass is 302 g/mol. The molecular weight excluding hydrogens is 276 g/mol. The minimum absolute atomic E-state index is 0. The van der Waals surface area contributed by atoms with E-state index < -0.39 is 10.0 Å². The average Bonchev–Trinajstić information content (AvgIpc) is 2.25. The molecule has 0 radical (unpaired) electrons. The van der Waals surface area contributed by atoms with Crippen LogP contribution in [0.25, 0.3) is 0 Å². The lowest BCUT2D eigenvalue weighted by Crippen LogP contribution is -2.36. The summed E-state index contributed by atoms with van der Waals surface area (Å²) in [5, 5.41) is 0. The van der Waals surface area contributed by atoms with Gasteiger partial charge in [-0.1, -0.05) is 13.8 Å². The van der Waals surface area contributed by atoms with Gasteiger partial charge in [0.15, 0.2) is 0 Å². The summed E-state index contributed by atoms with van der Waals surface area (Å²) < 4.78 is 30.0. The predicted octanol–water partition coefficient (Wildman–Crippen LogP) is 1.08. The normalized spacial score (nSPS) is 13.7. The smallest absolute Gasteiger partial charge is 0.216 e. The van der Waals surface area contributed by atoms with Gasteiger partial charge in [-0.25, -0.2) is 12.7 Å². The first-order valence-corrected chi connectivity index (χ1v) is 7.69. The maximum Gasteiger partial charge on any atom is 0.216 e. The zero-order valence-corrected chi connectivity index (χ0v) is 13.4. The summed E-state index contributed by atoms with van der Waals surface area (Å²) in [6.07, 6.45) is 0.683. The topological polar surface area (TPSA) is 72.6 Å². The van der Waals surface area contributed by atoms with Crippen LogP contribution >= 0.6 is 12.4 Å². The number of halogens is 1. The lowest BCUT2D eigenvalue weighted by Gasteiger charge is -2.21. The first-order valence-electron chi connectivity index (χ1n) is 6.08. The van der Waals surface area contributed by atoms with Gasteiger partial charge >= 0.3 is 0 Å². The van der Waals surface area contributed by atoms with E-state index in [1.165, 1.54) is 4.31 Å². The Morgan fingerprint density at radius 1 is 1.33 bits per heavy atom. The minimum Gasteiger partial charge on any atom is -0.381 e. The van der Waals surface area contributed by atoms with Gasteiger partial charge in [0.25, 0.3) is 0 Å². The standard InChI is InChI=1S/C11H26N2O3S.ClH/c1-5-16-8-9-17(14,15)13(4)7-6-11(12)10(2)3;/h10-11H,5-9,12H2,1-4H3;1H. The molecule has 0 rings (SSSR count). The van der Waals surface area contributed by atoms with Gasteiger partial charge in [0, 0.05) is 26.2 Å². The van der Waals surface area contributed by atoms with Gasteiger partial charge in [-0.15, -0.1) is 12.4 Å². The van der Waals surface area contributed by atoms with E-state index in [0.717, 1.165) is 0 Å². The average molecular weight is 303 g/mol. The van der Waals surface area contributed by atoms with Crippen LogP contribution in [-0.2, 0) is 14.8 Å². The van der Waals surface area contributed by atoms with Crippen molar-refractivity contribution in [1.82, 2.24) is 4.31 Å². The van der Waals surface area contributed by atoms with E-state index in [2.05, 4.69) is 0 Å². The van der Waals surface area contributed by atoms with Crippen LogP contribution < -0.4 is 5.73 Å². The SMILES string of the molecule is CCOCCS(=O)(=O)N(C)CCC(N)C(C)C.Cl. The van der Waals surface area contributed by atoms with Crippen LogP contribution in [0.2, 0.25) is 0 Å². The number of hydrogen-bond donors (Lipinski definition) is 1. The molecule has 0 saturated carbocycles. The van der Waals surface area contributed by atoms with Crippen molar-refractivity contribution in [2.45, 2.75) is 33.2 Å². The highest BCUT2D eigenvalue weighted by atomic mass is 35.5. The van der Waals surface area contributed by atoms with E-state index >= 15 is 0 Å². The second-order valence-electron chi connectivity index (χ2n) is 4.53. The number of nitrogens with zero attached hydrogens (tertiary/aromatic N) is 1. The molecule has 0 aliphatic rings. The van der Waals surface area contributed by atoms with Crippen molar-refractivity contribution in [3.63, 3.8) is 0 Å². The lowest BCUT2D eigenvalue weighted by atomic mass is 10.0. The van der Waals surface area contributed by atoms with Crippen LogP contribution in [-0.4, -0.2) is 51.3 Å². The van der Waals surface area contributed by atoms with Gasteiger partial charge in [-0.2, -0.15) is 0 Å². The van der Waals surface area contributed by atoms with E-state index in [4.69, 9.17) is 10.5 Å². The van der Waals surface area contributed by atoms with Gasteiger partial charge in [-0.05, 0) is 19.3 Å². The third-order valence-electron chi connectivity index (χ3n) is 2.80. The molecule has 0 aromatic heterocycles. The van der Waals surface area contributed by atoms with E-state index in [1.807, 2.05) is 20.8 Å². The Kier molecular flexibility index (Phi) is 11.3. The number of hydrogen-bond acceptors (Lipinski definition) is 4. The van der Waals surface area contributed by atoms with Gasteiger partial charge in [0.2, 0.25) is 10.0 Å². The van der Waals surface area contributed by atoms with Gasteiger partial charge < -0.3 is 10.5 Å². The molecule has 112 valence electrons. The summed E-state index contributed by atoms with van der Waals surface area (Å²) >= 11 is 0. The Morgan fingerprint density at radius 3 is 2.33 bits per heavy atom. The molecule has 18 heavy (non-hydrogen) atoms. The lowest BCUT2D eigenvalue weighted by molar-refractivity contribution is 0.162. The highest BCUT2D eigenvalue weighted by Gasteiger charge is 2.18. The van der Waals surface area contributed by atoms with Crippen molar-refractivity contribution < 1.29 is 13.2 Å². The highest BCUT2D eigenvalue weighted by molar-refractivity contribution is 7.89. The first-order chi connectivity index (χ1) is 7.81. The summed E-state index contributed by atoms with van der Waals surface area (Å²) in [7, 11) is -1.61. The second-order valence-corrected chi connectivity index (χ2v) is 6.73. The fraction of sp³-hybridized carbons (Fsp3) is 1.00. The zero-order valence-electron chi connectivity index (χ0n) is 11.8. The van der Waals surface area contributed by atoms with Crippen molar-refractivity contribution in [2.75, 3.05) is 32.6 Å². The Morgan fingerprint density at radius 2 is 1.89 bits per heavy atom. The van der Waals surface area contributed by atoms with Crippen molar-refractivity contribution in [3.05, 3.63) is 0 Å². The van der Waals surface area contributed by atoms with Crippen LogP contribution in [0.3, 0.4) is 0 Å². The Bertz CT molecular complexity index is 297. The Hall–Kier alpha value is 0.120. The van der Waals surface area contributed by atoms with Crippen LogP contribution in [0.4, 0.5) is 0 Å². The molecule has 1 atom stereocenters. The van der Waals surface area contributed by atoms with Crippen LogP contribution in [0.5, 0.6) is 0 Å². The van der Waals surface area contributed by atoms with Crippen molar-refractivity contribution in [1.29, 1.82) is 0 Å². The van der Waals surface area contributed by atoms with Gasteiger partial charge in [-0.3, -0.25) is 0 Å². The number of ether oxygens (including phenoxy) is 1. The molecule has 0 aliphatic heterocycles. The third-order valence-corrected chi connectivity index (χ3v) is 4.61. The van der Waals surface area contributed by atoms with Crippen LogP contribution in [0.1, 0.15) is 27.2 Å². The quantitative estimate of drug-likeness (QED) is 0.647. The van der Waals surface area contributed by atoms with E-state index in [1.54, 1.807) is 7.05 Å². The fourth-order valence-electron chi connectivity index (χ4n) is 1.27. The molecule has 0 fully saturated rings. The van der Waals surface area contributed by atoms with Crippen molar-refractivity contribution in [2.24, 2.45) is 11.7 Å². The van der Waals surface area contributed by atoms with Crippen molar-refractivity contribution in [3.8, 4) is 0 Å². The van der Waals surface area contributed by atoms with E-state index in [0.29, 0.717) is 25.5 Å². The van der Waals surface area contributed by atoms with Crippen LogP contribution in [0, 0.1) is 5.92 Å². The minimum atomic E-state index is -3.20. The summed E-state index contributed by atoms with van der Waals surface area (Å²) in [5.41, 5.74) is 5.88. The van der Waals surface area contributed by atoms with Crippen molar-refractivity contribution >= 4 is 22.4 Å². The molecule has 0 aliphatic carbocycles. The van der Waals surface area contributed by atoms with E-state index in [-0.39, 0.29) is 30.8 Å². The molecule has 0 saturated heterocycles. The van der Waals surface area contributed by atoms with Gasteiger partial charge in [0.05, 0.1) is 12.4 Å². The molecule has 0 heterocycles. The number of sulfonamides is 1. The zero-order chi connectivity index (χ0) is 13.5. The molecule has 0 aromatic rings. The summed E-state index contributed by atoms with van der Waals surface area (Å²) in [5.74, 6) is 0.406. The van der Waals surface area contributed by atoms with Crippen LogP contribution in [0.15, 0.2) is 0 Å². The fourth-order valence-corrected chi connectivity index (χ4v) is 2.29. The van der Waals surface area contributed by atoms with E-state index in [9.17, 15) is 8.42 Å². The third kappa shape index (κ3) is 8.26. The maximum absolute atomic E-state index is 11.8. The molecular formula is C11H27ClN2O3S. The number of rotatable bonds is 9. The largest absolute Gasteiger partial charge is 0.381 e. The molecule has 0 bridgehead atoms. The maximum atomic E-state index is 11.8. The molecule has 0 amide bonds. The Balaban J connectivity index is 0.